The van der Waals surface area contributed by atoms with Gasteiger partial charge in [-0.25, -0.2) is 9.78 Å². The van der Waals surface area contributed by atoms with E-state index >= 15 is 0 Å². The fourth-order valence-corrected chi connectivity index (χ4v) is 3.02. The van der Waals surface area contributed by atoms with Crippen molar-refractivity contribution in [1.29, 1.82) is 0 Å². The van der Waals surface area contributed by atoms with Crippen LogP contribution < -0.4 is 5.32 Å². The van der Waals surface area contributed by atoms with E-state index in [0.29, 0.717) is 18.0 Å². The van der Waals surface area contributed by atoms with Crippen molar-refractivity contribution >= 4 is 23.6 Å². The highest BCUT2D eigenvalue weighted by atomic mass is 32.2. The Morgan fingerprint density at radius 2 is 2.33 bits per heavy atom. The molecule has 2 heterocycles. The van der Waals surface area contributed by atoms with Crippen LogP contribution in [0.4, 0.5) is 0 Å². The van der Waals surface area contributed by atoms with Gasteiger partial charge in [-0.2, -0.15) is 11.8 Å². The molecule has 5 nitrogen and oxygen atoms in total. The van der Waals surface area contributed by atoms with E-state index in [4.69, 9.17) is 5.11 Å². The van der Waals surface area contributed by atoms with E-state index in [-0.39, 0.29) is 11.6 Å². The maximum atomic E-state index is 11.8. The van der Waals surface area contributed by atoms with Crippen LogP contribution in [0.2, 0.25) is 0 Å². The van der Waals surface area contributed by atoms with Gasteiger partial charge >= 0.3 is 5.97 Å². The molecule has 2 N–H and O–H groups in total. The van der Waals surface area contributed by atoms with E-state index in [9.17, 15) is 9.59 Å². The van der Waals surface area contributed by atoms with Gasteiger partial charge in [0.2, 0.25) is 0 Å². The summed E-state index contributed by atoms with van der Waals surface area (Å²) in [7, 11) is 0. The van der Waals surface area contributed by atoms with Gasteiger partial charge in [-0.05, 0) is 36.0 Å². The van der Waals surface area contributed by atoms with E-state index in [1.165, 1.54) is 18.3 Å². The molecule has 0 aliphatic carbocycles. The second-order valence-corrected chi connectivity index (χ2v) is 5.33. The van der Waals surface area contributed by atoms with Gasteiger partial charge in [0, 0.05) is 12.7 Å². The Labute approximate surface area is 109 Å². The minimum Gasteiger partial charge on any atom is -0.477 e. The number of nitrogens with one attached hydrogen (secondary N) is 1. The van der Waals surface area contributed by atoms with Crippen molar-refractivity contribution in [3.8, 4) is 0 Å². The molecule has 1 aromatic heterocycles. The van der Waals surface area contributed by atoms with Gasteiger partial charge in [-0.15, -0.1) is 0 Å². The van der Waals surface area contributed by atoms with Crippen molar-refractivity contribution in [3.05, 3.63) is 29.6 Å². The standard InChI is InChI=1S/C12H14N2O3S/c15-11(14-5-8-3-4-18-7-8)9-1-2-10(12(16)17)13-6-9/h1-2,6,8H,3-5,7H2,(H,14,15)(H,16,17). The summed E-state index contributed by atoms with van der Waals surface area (Å²) in [5, 5.41) is 11.5. The zero-order chi connectivity index (χ0) is 13.0. The molecule has 2 rings (SSSR count). The van der Waals surface area contributed by atoms with Crippen molar-refractivity contribution in [2.75, 3.05) is 18.1 Å². The highest BCUT2D eigenvalue weighted by Crippen LogP contribution is 2.22. The number of amides is 1. The van der Waals surface area contributed by atoms with E-state index in [1.807, 2.05) is 11.8 Å². The Hall–Kier alpha value is -1.56. The van der Waals surface area contributed by atoms with Crippen molar-refractivity contribution in [2.45, 2.75) is 6.42 Å². The van der Waals surface area contributed by atoms with E-state index in [2.05, 4.69) is 10.3 Å². The number of hydrogen-bond acceptors (Lipinski definition) is 4. The third-order valence-electron chi connectivity index (χ3n) is 2.82. The molecule has 0 aromatic carbocycles. The zero-order valence-electron chi connectivity index (χ0n) is 9.76. The summed E-state index contributed by atoms with van der Waals surface area (Å²) in [6.45, 7) is 0.673. The first-order valence-corrected chi connectivity index (χ1v) is 6.87. The fraction of sp³-hybridized carbons (Fsp3) is 0.417. The van der Waals surface area contributed by atoms with Crippen molar-refractivity contribution < 1.29 is 14.7 Å². The summed E-state index contributed by atoms with van der Waals surface area (Å²) < 4.78 is 0. The lowest BCUT2D eigenvalue weighted by Crippen LogP contribution is -2.29. The maximum absolute atomic E-state index is 11.8. The number of aromatic nitrogens is 1. The van der Waals surface area contributed by atoms with E-state index in [0.717, 1.165) is 17.9 Å². The van der Waals surface area contributed by atoms with Gasteiger partial charge < -0.3 is 10.4 Å². The van der Waals surface area contributed by atoms with Gasteiger partial charge in [0.1, 0.15) is 5.69 Å². The molecule has 1 fully saturated rings. The predicted octanol–water partition coefficient (Wildman–Crippen LogP) is 1.26. The second-order valence-electron chi connectivity index (χ2n) is 4.18. The topological polar surface area (TPSA) is 79.3 Å². The molecule has 0 spiro atoms. The molecule has 0 saturated carbocycles. The maximum Gasteiger partial charge on any atom is 0.354 e. The molecule has 1 unspecified atom stereocenters. The van der Waals surface area contributed by atoms with Crippen LogP contribution in [0.15, 0.2) is 18.3 Å². The van der Waals surface area contributed by atoms with Gasteiger partial charge in [-0.3, -0.25) is 4.79 Å². The molecule has 1 aromatic rings. The summed E-state index contributed by atoms with van der Waals surface area (Å²) in [6, 6.07) is 2.82. The highest BCUT2D eigenvalue weighted by Gasteiger charge is 2.16. The van der Waals surface area contributed by atoms with E-state index < -0.39 is 5.97 Å². The summed E-state index contributed by atoms with van der Waals surface area (Å²) in [5.41, 5.74) is 0.337. The van der Waals surface area contributed by atoms with Crippen LogP contribution in [0, 0.1) is 5.92 Å². The Balaban J connectivity index is 1.89. The molecule has 1 amide bonds. The number of pyridine rings is 1. The van der Waals surface area contributed by atoms with E-state index in [1.54, 1.807) is 0 Å². The number of carbonyl (C=O) groups is 2. The molecule has 0 radical (unpaired) electrons. The molecule has 1 saturated heterocycles. The normalized spacial score (nSPS) is 18.6. The lowest BCUT2D eigenvalue weighted by Gasteiger charge is -2.09. The summed E-state index contributed by atoms with van der Waals surface area (Å²) in [5.74, 6) is 1.51. The molecule has 18 heavy (non-hydrogen) atoms. The Bertz CT molecular complexity index is 441. The van der Waals surface area contributed by atoms with Crippen LogP contribution in [0.25, 0.3) is 0 Å². The molecule has 0 bridgehead atoms. The first-order chi connectivity index (χ1) is 8.66. The molecule has 96 valence electrons. The van der Waals surface area contributed by atoms with Gasteiger partial charge in [0.25, 0.3) is 5.91 Å². The number of rotatable bonds is 4. The molecular weight excluding hydrogens is 252 g/mol. The highest BCUT2D eigenvalue weighted by molar-refractivity contribution is 7.99. The van der Waals surface area contributed by atoms with Crippen LogP contribution in [0.5, 0.6) is 0 Å². The number of carbonyl (C=O) groups excluding carboxylic acids is 1. The Kier molecular flexibility index (Phi) is 4.19. The van der Waals surface area contributed by atoms with Crippen LogP contribution in [0.1, 0.15) is 27.3 Å². The average Bonchev–Trinajstić information content (AvgIpc) is 2.89. The largest absolute Gasteiger partial charge is 0.477 e. The number of carboxylic acids is 1. The van der Waals surface area contributed by atoms with Crippen molar-refractivity contribution in [2.24, 2.45) is 5.92 Å². The molecule has 1 aliphatic heterocycles. The third-order valence-corrected chi connectivity index (χ3v) is 4.05. The number of carboxylic acid groups (broad SMARTS) is 1. The first kappa shape index (κ1) is 12.9. The smallest absolute Gasteiger partial charge is 0.354 e. The first-order valence-electron chi connectivity index (χ1n) is 5.72. The minimum atomic E-state index is -1.09. The number of hydrogen-bond donors (Lipinski definition) is 2. The van der Waals surface area contributed by atoms with Crippen molar-refractivity contribution in [1.82, 2.24) is 10.3 Å². The molecule has 1 aliphatic rings. The molecular formula is C12H14N2O3S. The fourth-order valence-electron chi connectivity index (χ4n) is 1.74. The number of aromatic carboxylic acids is 1. The monoisotopic (exact) mass is 266 g/mol. The SMILES string of the molecule is O=C(NCC1CCSC1)c1ccc(C(=O)O)nc1. The van der Waals surface area contributed by atoms with Crippen molar-refractivity contribution in [3.63, 3.8) is 0 Å². The number of nitrogens with zero attached hydrogens (tertiary/aromatic N) is 1. The zero-order valence-corrected chi connectivity index (χ0v) is 10.6. The summed E-state index contributed by atoms with van der Waals surface area (Å²) in [6.07, 6.45) is 2.43. The van der Waals surface area contributed by atoms with Gasteiger partial charge in [-0.1, -0.05) is 0 Å². The van der Waals surface area contributed by atoms with Crippen LogP contribution in [0.3, 0.4) is 0 Å². The summed E-state index contributed by atoms with van der Waals surface area (Å²) in [4.78, 5) is 26.1. The lowest BCUT2D eigenvalue weighted by atomic mass is 10.1. The van der Waals surface area contributed by atoms with Gasteiger partial charge in [0.05, 0.1) is 5.56 Å². The Morgan fingerprint density at radius 3 is 2.89 bits per heavy atom. The molecule has 1 atom stereocenters. The molecule has 6 heteroatoms. The second kappa shape index (κ2) is 5.86. The average molecular weight is 266 g/mol. The summed E-state index contributed by atoms with van der Waals surface area (Å²) >= 11 is 1.91. The minimum absolute atomic E-state index is 0.0567. The predicted molar refractivity (Wildman–Crippen MR) is 69.0 cm³/mol. The lowest BCUT2D eigenvalue weighted by molar-refractivity contribution is 0.0689. The number of thioether (sulfide) groups is 1. The third kappa shape index (κ3) is 3.22. The van der Waals surface area contributed by atoms with Gasteiger partial charge in [0.15, 0.2) is 0 Å². The van der Waals surface area contributed by atoms with Crippen LogP contribution in [-0.2, 0) is 0 Å². The quantitative estimate of drug-likeness (QED) is 0.857. The van der Waals surface area contributed by atoms with Crippen LogP contribution in [-0.4, -0.2) is 40.0 Å². The van der Waals surface area contributed by atoms with Crippen LogP contribution >= 0.6 is 11.8 Å². The Morgan fingerprint density at radius 1 is 1.50 bits per heavy atom.